The van der Waals surface area contributed by atoms with Gasteiger partial charge in [0.15, 0.2) is 0 Å². The second-order valence-electron chi connectivity index (χ2n) is 7.86. The normalized spacial score (nSPS) is 11.0. The van der Waals surface area contributed by atoms with Crippen LogP contribution in [0.2, 0.25) is 0 Å². The Morgan fingerprint density at radius 3 is 2.03 bits per heavy atom. The van der Waals surface area contributed by atoms with Crippen LogP contribution >= 0.6 is 0 Å². The zero-order chi connectivity index (χ0) is 25.5. The zero-order valence-corrected chi connectivity index (χ0v) is 19.9. The summed E-state index contributed by atoms with van der Waals surface area (Å²) in [5, 5.41) is 11.2. The molecular weight excluding hydrogens is 480 g/mol. The lowest BCUT2D eigenvalue weighted by atomic mass is 10.2. The highest BCUT2D eigenvalue weighted by Gasteiger charge is 2.27. The monoisotopic (exact) mass is 502 g/mol. The van der Waals surface area contributed by atoms with Crippen molar-refractivity contribution in [3.8, 4) is 0 Å². The summed E-state index contributed by atoms with van der Waals surface area (Å²) in [6.45, 7) is 0.104. The van der Waals surface area contributed by atoms with Crippen LogP contribution in [-0.2, 0) is 27.9 Å². The van der Waals surface area contributed by atoms with Crippen molar-refractivity contribution >= 4 is 27.4 Å². The van der Waals surface area contributed by atoms with Crippen molar-refractivity contribution in [2.45, 2.75) is 18.0 Å². The van der Waals surface area contributed by atoms with E-state index in [0.717, 1.165) is 21.5 Å². The van der Waals surface area contributed by atoms with Gasteiger partial charge in [0.25, 0.3) is 15.7 Å². The Morgan fingerprint density at radius 2 is 1.42 bits per heavy atom. The molecule has 0 saturated carbocycles. The van der Waals surface area contributed by atoms with Crippen LogP contribution in [0.4, 0.5) is 11.4 Å². The number of anilines is 1. The first-order valence-corrected chi connectivity index (χ1v) is 12.4. The first-order chi connectivity index (χ1) is 17.3. The van der Waals surface area contributed by atoms with Crippen LogP contribution in [-0.4, -0.2) is 19.3 Å². The lowest BCUT2D eigenvalue weighted by Gasteiger charge is -2.25. The molecular formula is C27H22N2O6S. The second-order valence-corrected chi connectivity index (χ2v) is 9.72. The molecule has 0 aromatic heterocycles. The van der Waals surface area contributed by atoms with Crippen molar-refractivity contribution in [1.82, 2.24) is 0 Å². The SMILES string of the molecule is O=C(OCc1ccccc1)c1ccc(N(Cc2ccccc2)S(=O)(=O)c2cccc([N+](=O)[O-])c2)cc1. The van der Waals surface area contributed by atoms with E-state index in [-0.39, 0.29) is 29.3 Å². The molecule has 9 heteroatoms. The molecule has 0 radical (unpaired) electrons. The van der Waals surface area contributed by atoms with E-state index in [1.807, 2.05) is 36.4 Å². The van der Waals surface area contributed by atoms with Gasteiger partial charge < -0.3 is 4.74 Å². The molecule has 0 saturated heterocycles. The number of ether oxygens (including phenoxy) is 1. The maximum absolute atomic E-state index is 13.6. The number of hydrogen-bond acceptors (Lipinski definition) is 6. The smallest absolute Gasteiger partial charge is 0.338 e. The highest BCUT2D eigenvalue weighted by atomic mass is 32.2. The molecule has 0 fully saturated rings. The third kappa shape index (κ3) is 5.76. The number of nitrogens with zero attached hydrogens (tertiary/aromatic N) is 2. The number of non-ortho nitro benzene ring substituents is 1. The molecule has 4 rings (SSSR count). The summed E-state index contributed by atoms with van der Waals surface area (Å²) in [7, 11) is -4.17. The number of sulfonamides is 1. The summed E-state index contributed by atoms with van der Waals surface area (Å²) in [6, 6.07) is 29.1. The van der Waals surface area contributed by atoms with E-state index < -0.39 is 20.9 Å². The predicted molar refractivity (Wildman–Crippen MR) is 135 cm³/mol. The maximum Gasteiger partial charge on any atom is 0.338 e. The van der Waals surface area contributed by atoms with Gasteiger partial charge in [-0.2, -0.15) is 0 Å². The molecule has 0 unspecified atom stereocenters. The molecule has 0 amide bonds. The fourth-order valence-corrected chi connectivity index (χ4v) is 5.01. The van der Waals surface area contributed by atoms with Gasteiger partial charge in [0, 0.05) is 12.1 Å². The Balaban J connectivity index is 1.63. The molecule has 4 aromatic carbocycles. The van der Waals surface area contributed by atoms with Crippen molar-refractivity contribution in [2.75, 3.05) is 4.31 Å². The summed E-state index contributed by atoms with van der Waals surface area (Å²) in [4.78, 5) is 22.8. The molecule has 0 aliphatic rings. The van der Waals surface area contributed by atoms with Gasteiger partial charge in [0.2, 0.25) is 0 Å². The molecule has 0 atom stereocenters. The molecule has 8 nitrogen and oxygen atoms in total. The molecule has 36 heavy (non-hydrogen) atoms. The van der Waals surface area contributed by atoms with Crippen LogP contribution in [0.3, 0.4) is 0 Å². The van der Waals surface area contributed by atoms with Gasteiger partial charge in [-0.1, -0.05) is 66.7 Å². The van der Waals surface area contributed by atoms with E-state index in [1.165, 1.54) is 42.5 Å². The Hall–Kier alpha value is -4.50. The number of rotatable bonds is 9. The Kier molecular flexibility index (Phi) is 7.41. The van der Waals surface area contributed by atoms with E-state index in [9.17, 15) is 23.3 Å². The van der Waals surface area contributed by atoms with Crippen LogP contribution in [0.15, 0.2) is 114 Å². The van der Waals surface area contributed by atoms with Crippen molar-refractivity contribution in [2.24, 2.45) is 0 Å². The quantitative estimate of drug-likeness (QED) is 0.174. The Bertz CT molecular complexity index is 1460. The molecule has 0 spiro atoms. The van der Waals surface area contributed by atoms with Crippen LogP contribution in [0.25, 0.3) is 0 Å². The van der Waals surface area contributed by atoms with Gasteiger partial charge in [0.1, 0.15) is 6.61 Å². The summed E-state index contributed by atoms with van der Waals surface area (Å²) in [6.07, 6.45) is 0. The number of esters is 1. The average molecular weight is 503 g/mol. The summed E-state index contributed by atoms with van der Waals surface area (Å²) in [5.41, 5.74) is 1.80. The predicted octanol–water partition coefficient (Wildman–Crippen LogP) is 5.35. The fraction of sp³-hybridized carbons (Fsp3) is 0.0741. The van der Waals surface area contributed by atoms with Gasteiger partial charge in [-0.05, 0) is 41.5 Å². The number of carbonyl (C=O) groups excluding carboxylic acids is 1. The summed E-state index contributed by atoms with van der Waals surface area (Å²) >= 11 is 0. The third-order valence-electron chi connectivity index (χ3n) is 5.39. The Morgan fingerprint density at radius 1 is 0.806 bits per heavy atom. The highest BCUT2D eigenvalue weighted by molar-refractivity contribution is 7.92. The van der Waals surface area contributed by atoms with Gasteiger partial charge in [0.05, 0.1) is 27.6 Å². The van der Waals surface area contributed by atoms with Crippen molar-refractivity contribution in [3.63, 3.8) is 0 Å². The van der Waals surface area contributed by atoms with Crippen LogP contribution < -0.4 is 4.31 Å². The summed E-state index contributed by atoms with van der Waals surface area (Å²) in [5.74, 6) is -0.540. The van der Waals surface area contributed by atoms with Crippen molar-refractivity contribution in [3.05, 3.63) is 136 Å². The minimum absolute atomic E-state index is 0.0103. The molecule has 0 heterocycles. The number of benzene rings is 4. The van der Waals surface area contributed by atoms with Gasteiger partial charge in [-0.3, -0.25) is 14.4 Å². The largest absolute Gasteiger partial charge is 0.457 e. The number of hydrogen-bond donors (Lipinski definition) is 0. The van der Waals surface area contributed by atoms with Crippen LogP contribution in [0.1, 0.15) is 21.5 Å². The van der Waals surface area contributed by atoms with E-state index in [4.69, 9.17) is 4.74 Å². The van der Waals surface area contributed by atoms with Gasteiger partial charge in [-0.25, -0.2) is 13.2 Å². The minimum Gasteiger partial charge on any atom is -0.457 e. The van der Waals surface area contributed by atoms with Crippen LogP contribution in [0, 0.1) is 10.1 Å². The first-order valence-electron chi connectivity index (χ1n) is 11.0. The standard InChI is InChI=1S/C27H22N2O6S/c30-27(35-20-22-10-5-2-6-11-22)23-14-16-24(17-15-23)28(19-21-8-3-1-4-9-21)36(33,34)26-13-7-12-25(18-26)29(31)32/h1-18H,19-20H2. The molecule has 0 aliphatic heterocycles. The van der Waals surface area contributed by atoms with Crippen LogP contribution in [0.5, 0.6) is 0 Å². The zero-order valence-electron chi connectivity index (χ0n) is 19.1. The third-order valence-corrected chi connectivity index (χ3v) is 7.16. The Labute approximate surface area is 208 Å². The van der Waals surface area contributed by atoms with E-state index >= 15 is 0 Å². The van der Waals surface area contributed by atoms with Crippen molar-refractivity contribution < 1.29 is 22.9 Å². The van der Waals surface area contributed by atoms with Crippen molar-refractivity contribution in [1.29, 1.82) is 0 Å². The maximum atomic E-state index is 13.6. The molecule has 0 N–H and O–H groups in total. The molecule has 0 aliphatic carbocycles. The minimum atomic E-state index is -4.17. The molecule has 0 bridgehead atoms. The van der Waals surface area contributed by atoms with Gasteiger partial charge >= 0.3 is 5.97 Å². The van der Waals surface area contributed by atoms with Gasteiger partial charge in [-0.15, -0.1) is 0 Å². The second kappa shape index (κ2) is 10.8. The van der Waals surface area contributed by atoms with E-state index in [0.29, 0.717) is 5.69 Å². The summed E-state index contributed by atoms with van der Waals surface area (Å²) < 4.78 is 33.7. The van der Waals surface area contributed by atoms with E-state index in [1.54, 1.807) is 24.3 Å². The highest BCUT2D eigenvalue weighted by Crippen LogP contribution is 2.28. The number of nitro groups is 1. The molecule has 182 valence electrons. The fourth-order valence-electron chi connectivity index (χ4n) is 3.52. The average Bonchev–Trinajstić information content (AvgIpc) is 2.91. The van der Waals surface area contributed by atoms with E-state index in [2.05, 4.69) is 0 Å². The lowest BCUT2D eigenvalue weighted by molar-refractivity contribution is -0.385. The lowest BCUT2D eigenvalue weighted by Crippen LogP contribution is -2.30. The number of carbonyl (C=O) groups is 1. The topological polar surface area (TPSA) is 107 Å². The first kappa shape index (κ1) is 24.6. The number of nitro benzene ring substituents is 1. The molecule has 4 aromatic rings.